The quantitative estimate of drug-likeness (QED) is 0.786. The van der Waals surface area contributed by atoms with Gasteiger partial charge in [0.25, 0.3) is 0 Å². The number of hydrogen-bond donors (Lipinski definition) is 1. The van der Waals surface area contributed by atoms with Crippen LogP contribution in [0.3, 0.4) is 0 Å². The monoisotopic (exact) mass is 312 g/mol. The first-order chi connectivity index (χ1) is 9.65. The van der Waals surface area contributed by atoms with Gasteiger partial charge >= 0.3 is 0 Å². The molecule has 0 amide bonds. The molecular formula is C16H28N2O2S. The number of rotatable bonds is 7. The van der Waals surface area contributed by atoms with Crippen molar-refractivity contribution in [2.24, 2.45) is 0 Å². The fraction of sp³-hybridized carbons (Fsp3) is 0.625. The Kier molecular flexibility index (Phi) is 6.23. The predicted molar refractivity (Wildman–Crippen MR) is 90.0 cm³/mol. The van der Waals surface area contributed by atoms with Gasteiger partial charge in [-0.1, -0.05) is 19.1 Å². The minimum absolute atomic E-state index is 0.200. The zero-order chi connectivity index (χ0) is 16.1. The van der Waals surface area contributed by atoms with Gasteiger partial charge in [0.05, 0.1) is 10.5 Å². The smallest absolute Gasteiger partial charge is 0.156 e. The van der Waals surface area contributed by atoms with Crippen molar-refractivity contribution in [1.29, 1.82) is 0 Å². The van der Waals surface area contributed by atoms with E-state index in [9.17, 15) is 8.42 Å². The van der Waals surface area contributed by atoms with Crippen LogP contribution in [0.4, 0.5) is 5.69 Å². The van der Waals surface area contributed by atoms with E-state index in [1.165, 1.54) is 0 Å². The van der Waals surface area contributed by atoms with Gasteiger partial charge in [0.1, 0.15) is 0 Å². The van der Waals surface area contributed by atoms with Crippen LogP contribution in [0.15, 0.2) is 24.3 Å². The summed E-state index contributed by atoms with van der Waals surface area (Å²) in [5, 5.41) is 0. The van der Waals surface area contributed by atoms with E-state index in [0.717, 1.165) is 30.8 Å². The van der Waals surface area contributed by atoms with Crippen molar-refractivity contribution in [1.82, 2.24) is 4.90 Å². The molecule has 0 saturated heterocycles. The Balaban J connectivity index is 2.68. The van der Waals surface area contributed by atoms with Crippen LogP contribution in [-0.4, -0.2) is 36.9 Å². The summed E-state index contributed by atoms with van der Waals surface area (Å²) in [6.45, 7) is 9.59. The molecule has 21 heavy (non-hydrogen) atoms. The predicted octanol–water partition coefficient (Wildman–Crippen LogP) is 2.69. The Labute approximate surface area is 129 Å². The number of sulfone groups is 1. The number of hydrogen-bond acceptors (Lipinski definition) is 4. The van der Waals surface area contributed by atoms with Gasteiger partial charge in [0.2, 0.25) is 0 Å². The van der Waals surface area contributed by atoms with Crippen LogP contribution in [0.1, 0.15) is 39.7 Å². The van der Waals surface area contributed by atoms with Crippen molar-refractivity contribution >= 4 is 15.5 Å². The van der Waals surface area contributed by atoms with Crippen LogP contribution in [0.25, 0.3) is 0 Å². The summed E-state index contributed by atoms with van der Waals surface area (Å²) in [6, 6.07) is 7.75. The Morgan fingerprint density at radius 3 is 2.14 bits per heavy atom. The number of nitrogens with two attached hydrogens (primary N) is 1. The van der Waals surface area contributed by atoms with Crippen LogP contribution < -0.4 is 5.73 Å². The van der Waals surface area contributed by atoms with Crippen LogP contribution in [0.5, 0.6) is 0 Å². The first kappa shape index (κ1) is 18.0. The highest BCUT2D eigenvalue weighted by Crippen LogP contribution is 2.17. The lowest BCUT2D eigenvalue weighted by atomic mass is 10.2. The number of anilines is 1. The van der Waals surface area contributed by atoms with Gasteiger partial charge in [0, 0.05) is 18.8 Å². The third-order valence-electron chi connectivity index (χ3n) is 3.53. The lowest BCUT2D eigenvalue weighted by Crippen LogP contribution is -2.36. The van der Waals surface area contributed by atoms with E-state index in [1.807, 2.05) is 24.3 Å². The molecule has 0 atom stereocenters. The zero-order valence-corrected chi connectivity index (χ0v) is 14.4. The molecule has 1 aromatic carbocycles. The van der Waals surface area contributed by atoms with E-state index in [2.05, 4.69) is 11.8 Å². The molecule has 0 aliphatic carbocycles. The number of nitrogen functional groups attached to an aromatic ring is 1. The normalized spacial score (nSPS) is 12.8. The molecule has 0 unspecified atom stereocenters. The van der Waals surface area contributed by atoms with Crippen molar-refractivity contribution in [3.05, 3.63) is 29.8 Å². The minimum Gasteiger partial charge on any atom is -0.399 e. The Morgan fingerprint density at radius 2 is 1.67 bits per heavy atom. The highest BCUT2D eigenvalue weighted by Gasteiger charge is 2.28. The molecular weight excluding hydrogens is 284 g/mol. The molecule has 1 aromatic rings. The standard InChI is InChI=1S/C16H28N2O2S/c1-5-10-18(11-12-21(19,20)16(2,3)4)13-14-6-8-15(17)9-7-14/h6-9H,5,10-13,17H2,1-4H3. The maximum atomic E-state index is 12.2. The van der Waals surface area contributed by atoms with Gasteiger partial charge in [-0.25, -0.2) is 8.42 Å². The van der Waals surface area contributed by atoms with E-state index >= 15 is 0 Å². The van der Waals surface area contributed by atoms with Crippen LogP contribution in [0, 0.1) is 0 Å². The Hall–Kier alpha value is -1.07. The number of benzene rings is 1. The van der Waals surface area contributed by atoms with Crippen LogP contribution in [0.2, 0.25) is 0 Å². The molecule has 0 saturated carbocycles. The van der Waals surface area contributed by atoms with E-state index in [0.29, 0.717) is 6.54 Å². The van der Waals surface area contributed by atoms with Gasteiger partial charge in [-0.3, -0.25) is 4.90 Å². The summed E-state index contributed by atoms with van der Waals surface area (Å²) >= 11 is 0. The number of nitrogens with zero attached hydrogens (tertiary/aromatic N) is 1. The van der Waals surface area contributed by atoms with E-state index in [4.69, 9.17) is 5.73 Å². The fourth-order valence-corrected chi connectivity index (χ4v) is 3.13. The third-order valence-corrected chi connectivity index (χ3v) is 6.12. The molecule has 0 heterocycles. The lowest BCUT2D eigenvalue weighted by Gasteiger charge is -2.25. The SMILES string of the molecule is CCCN(CCS(=O)(=O)C(C)(C)C)Cc1ccc(N)cc1. The Morgan fingerprint density at radius 1 is 1.10 bits per heavy atom. The molecule has 1 rings (SSSR count). The molecule has 0 aliphatic heterocycles. The molecule has 0 aromatic heterocycles. The average Bonchev–Trinajstić information content (AvgIpc) is 2.37. The van der Waals surface area contributed by atoms with Gasteiger partial charge in [-0.2, -0.15) is 0 Å². The summed E-state index contributed by atoms with van der Waals surface area (Å²) in [6.07, 6.45) is 1.00. The van der Waals surface area contributed by atoms with Gasteiger partial charge in [0.15, 0.2) is 9.84 Å². The second kappa shape index (κ2) is 7.27. The maximum Gasteiger partial charge on any atom is 0.156 e. The summed E-state index contributed by atoms with van der Waals surface area (Å²) in [7, 11) is -3.07. The second-order valence-corrected chi connectivity index (χ2v) is 9.31. The van der Waals surface area contributed by atoms with E-state index in [1.54, 1.807) is 20.8 Å². The van der Waals surface area contributed by atoms with Crippen molar-refractivity contribution in [2.45, 2.75) is 45.4 Å². The topological polar surface area (TPSA) is 63.4 Å². The fourth-order valence-electron chi connectivity index (χ4n) is 2.02. The maximum absolute atomic E-state index is 12.2. The summed E-state index contributed by atoms with van der Waals surface area (Å²) < 4.78 is 23.7. The zero-order valence-electron chi connectivity index (χ0n) is 13.6. The average molecular weight is 312 g/mol. The molecule has 0 aliphatic rings. The van der Waals surface area contributed by atoms with Crippen molar-refractivity contribution in [3.8, 4) is 0 Å². The van der Waals surface area contributed by atoms with Gasteiger partial charge in [-0.05, 0) is 51.4 Å². The van der Waals surface area contributed by atoms with Crippen molar-refractivity contribution in [2.75, 3.05) is 24.6 Å². The molecule has 5 heteroatoms. The molecule has 0 radical (unpaired) electrons. The summed E-state index contributed by atoms with van der Waals surface area (Å²) in [5.41, 5.74) is 7.59. The first-order valence-electron chi connectivity index (χ1n) is 7.45. The minimum atomic E-state index is -3.07. The molecule has 0 bridgehead atoms. The molecule has 120 valence electrons. The van der Waals surface area contributed by atoms with Crippen LogP contribution >= 0.6 is 0 Å². The molecule has 0 spiro atoms. The lowest BCUT2D eigenvalue weighted by molar-refractivity contribution is 0.281. The molecule has 4 nitrogen and oxygen atoms in total. The largest absolute Gasteiger partial charge is 0.399 e. The van der Waals surface area contributed by atoms with E-state index < -0.39 is 14.6 Å². The summed E-state index contributed by atoms with van der Waals surface area (Å²) in [4.78, 5) is 2.19. The molecule has 2 N–H and O–H groups in total. The van der Waals surface area contributed by atoms with E-state index in [-0.39, 0.29) is 5.75 Å². The highest BCUT2D eigenvalue weighted by atomic mass is 32.2. The second-order valence-electron chi connectivity index (χ2n) is 6.45. The third kappa shape index (κ3) is 5.67. The summed E-state index contributed by atoms with van der Waals surface area (Å²) in [5.74, 6) is 0.200. The highest BCUT2D eigenvalue weighted by molar-refractivity contribution is 7.92. The van der Waals surface area contributed by atoms with Gasteiger partial charge in [-0.15, -0.1) is 0 Å². The molecule has 0 fully saturated rings. The Bertz CT molecular complexity index is 530. The van der Waals surface area contributed by atoms with Crippen molar-refractivity contribution < 1.29 is 8.42 Å². The van der Waals surface area contributed by atoms with Crippen molar-refractivity contribution in [3.63, 3.8) is 0 Å². The van der Waals surface area contributed by atoms with Gasteiger partial charge < -0.3 is 5.73 Å². The van der Waals surface area contributed by atoms with Crippen LogP contribution in [-0.2, 0) is 16.4 Å². The first-order valence-corrected chi connectivity index (χ1v) is 9.10.